The zero-order chi connectivity index (χ0) is 14.4. The summed E-state index contributed by atoms with van der Waals surface area (Å²) in [6, 6.07) is 8.43. The van der Waals surface area contributed by atoms with Crippen LogP contribution in [0, 0.1) is 0 Å². The summed E-state index contributed by atoms with van der Waals surface area (Å²) in [6.45, 7) is 2.19. The topological polar surface area (TPSA) is 43.1 Å². The molecule has 0 saturated heterocycles. The average molecular weight is 293 g/mol. The standard InChI is InChI=1S/C17H27NOS/c1-2-6-14-9-11-15(12-10-14)17(18)13-20(19)16-7-4-3-5-8-16/h9-12,16-17H,2-8,13,18H2,1H3. The lowest BCUT2D eigenvalue weighted by molar-refractivity contribution is 0.503. The van der Waals surface area contributed by atoms with Crippen LogP contribution in [0.4, 0.5) is 0 Å². The molecular formula is C17H27NOS. The molecule has 2 N–H and O–H groups in total. The Morgan fingerprint density at radius 2 is 1.85 bits per heavy atom. The Morgan fingerprint density at radius 1 is 1.20 bits per heavy atom. The summed E-state index contributed by atoms with van der Waals surface area (Å²) < 4.78 is 12.4. The summed E-state index contributed by atoms with van der Waals surface area (Å²) in [5.41, 5.74) is 8.71. The third-order valence-corrected chi connectivity index (χ3v) is 6.12. The van der Waals surface area contributed by atoms with Crippen molar-refractivity contribution >= 4 is 10.8 Å². The van der Waals surface area contributed by atoms with E-state index in [2.05, 4.69) is 31.2 Å². The minimum Gasteiger partial charge on any atom is -0.323 e. The highest BCUT2D eigenvalue weighted by Gasteiger charge is 2.21. The van der Waals surface area contributed by atoms with Crippen LogP contribution in [0.2, 0.25) is 0 Å². The van der Waals surface area contributed by atoms with Gasteiger partial charge in [0, 0.05) is 27.8 Å². The molecule has 0 spiro atoms. The molecule has 1 saturated carbocycles. The third-order valence-electron chi connectivity index (χ3n) is 4.21. The maximum Gasteiger partial charge on any atom is 0.0431 e. The molecular weight excluding hydrogens is 266 g/mol. The van der Waals surface area contributed by atoms with Crippen molar-refractivity contribution in [3.63, 3.8) is 0 Å². The predicted octanol–water partition coefficient (Wildman–Crippen LogP) is 3.72. The van der Waals surface area contributed by atoms with Crippen LogP contribution in [0.1, 0.15) is 62.6 Å². The lowest BCUT2D eigenvalue weighted by atomic mass is 10.0. The molecule has 0 aliphatic heterocycles. The van der Waals surface area contributed by atoms with Gasteiger partial charge in [-0.25, -0.2) is 0 Å². The van der Waals surface area contributed by atoms with Crippen molar-refractivity contribution in [2.24, 2.45) is 5.73 Å². The fourth-order valence-corrected chi connectivity index (χ4v) is 4.64. The molecule has 0 heterocycles. The molecule has 1 aliphatic carbocycles. The molecule has 0 radical (unpaired) electrons. The monoisotopic (exact) mass is 293 g/mol. The fraction of sp³-hybridized carbons (Fsp3) is 0.647. The van der Waals surface area contributed by atoms with Gasteiger partial charge in [0.1, 0.15) is 0 Å². The number of rotatable bonds is 6. The normalized spacial score (nSPS) is 19.7. The van der Waals surface area contributed by atoms with Crippen LogP contribution in [0.5, 0.6) is 0 Å². The van der Waals surface area contributed by atoms with Crippen LogP contribution in [-0.2, 0) is 17.2 Å². The first-order valence-electron chi connectivity index (χ1n) is 7.92. The van der Waals surface area contributed by atoms with E-state index in [0.717, 1.165) is 31.2 Å². The first kappa shape index (κ1) is 15.7. The highest BCUT2D eigenvalue weighted by Crippen LogP contribution is 2.24. The summed E-state index contributed by atoms with van der Waals surface area (Å²) in [6.07, 6.45) is 8.29. The van der Waals surface area contributed by atoms with Crippen LogP contribution in [0.25, 0.3) is 0 Å². The van der Waals surface area contributed by atoms with Gasteiger partial charge in [-0.3, -0.25) is 4.21 Å². The molecule has 2 nitrogen and oxygen atoms in total. The second-order valence-corrected chi connectivity index (χ2v) is 7.67. The summed E-state index contributed by atoms with van der Waals surface area (Å²) in [5, 5.41) is 0.383. The smallest absolute Gasteiger partial charge is 0.0431 e. The van der Waals surface area contributed by atoms with E-state index in [1.165, 1.54) is 24.8 Å². The van der Waals surface area contributed by atoms with Gasteiger partial charge >= 0.3 is 0 Å². The Balaban J connectivity index is 1.89. The van der Waals surface area contributed by atoms with Crippen molar-refractivity contribution in [1.29, 1.82) is 0 Å². The molecule has 1 aromatic carbocycles. The number of benzene rings is 1. The van der Waals surface area contributed by atoms with E-state index in [1.54, 1.807) is 0 Å². The van der Waals surface area contributed by atoms with E-state index in [4.69, 9.17) is 5.73 Å². The molecule has 0 amide bonds. The van der Waals surface area contributed by atoms with Crippen LogP contribution in [-0.4, -0.2) is 15.2 Å². The number of nitrogens with two attached hydrogens (primary N) is 1. The molecule has 20 heavy (non-hydrogen) atoms. The van der Waals surface area contributed by atoms with E-state index in [1.807, 2.05) is 0 Å². The number of hydrogen-bond acceptors (Lipinski definition) is 2. The van der Waals surface area contributed by atoms with Gasteiger partial charge in [0.05, 0.1) is 0 Å². The Morgan fingerprint density at radius 3 is 2.45 bits per heavy atom. The minimum atomic E-state index is -0.771. The van der Waals surface area contributed by atoms with Gasteiger partial charge in [0.25, 0.3) is 0 Å². The lowest BCUT2D eigenvalue weighted by Crippen LogP contribution is -2.26. The molecule has 3 heteroatoms. The summed E-state index contributed by atoms with van der Waals surface area (Å²) >= 11 is 0. The van der Waals surface area contributed by atoms with Crippen molar-refractivity contribution < 1.29 is 4.21 Å². The zero-order valence-electron chi connectivity index (χ0n) is 12.5. The molecule has 1 aliphatic rings. The maximum absolute atomic E-state index is 12.4. The van der Waals surface area contributed by atoms with Crippen LogP contribution >= 0.6 is 0 Å². The minimum absolute atomic E-state index is 0.0894. The molecule has 1 fully saturated rings. The van der Waals surface area contributed by atoms with Gasteiger partial charge in [-0.1, -0.05) is 56.9 Å². The molecule has 0 bridgehead atoms. The van der Waals surface area contributed by atoms with Gasteiger partial charge in [0.2, 0.25) is 0 Å². The van der Waals surface area contributed by atoms with Crippen molar-refractivity contribution in [3.05, 3.63) is 35.4 Å². The molecule has 2 atom stereocenters. The van der Waals surface area contributed by atoms with E-state index in [9.17, 15) is 4.21 Å². The average Bonchev–Trinajstić information content (AvgIpc) is 2.49. The Kier molecular flexibility index (Phi) is 6.24. The maximum atomic E-state index is 12.4. The van der Waals surface area contributed by atoms with Gasteiger partial charge in [-0.05, 0) is 30.4 Å². The second kappa shape index (κ2) is 7.94. The van der Waals surface area contributed by atoms with Gasteiger partial charge < -0.3 is 5.73 Å². The van der Waals surface area contributed by atoms with Gasteiger partial charge in [0.15, 0.2) is 0 Å². The molecule has 2 unspecified atom stereocenters. The summed E-state index contributed by atoms with van der Waals surface area (Å²) in [5.74, 6) is 0.609. The van der Waals surface area contributed by atoms with Crippen molar-refractivity contribution in [2.45, 2.75) is 63.2 Å². The quantitative estimate of drug-likeness (QED) is 0.868. The summed E-state index contributed by atoms with van der Waals surface area (Å²) in [4.78, 5) is 0. The Hall–Kier alpha value is -0.670. The predicted molar refractivity (Wildman–Crippen MR) is 87.2 cm³/mol. The van der Waals surface area contributed by atoms with Crippen molar-refractivity contribution in [2.75, 3.05) is 5.75 Å². The largest absolute Gasteiger partial charge is 0.323 e. The summed E-state index contributed by atoms with van der Waals surface area (Å²) in [7, 11) is -0.771. The zero-order valence-corrected chi connectivity index (χ0v) is 13.3. The van der Waals surface area contributed by atoms with E-state index < -0.39 is 10.8 Å². The molecule has 1 aromatic rings. The van der Waals surface area contributed by atoms with E-state index >= 15 is 0 Å². The van der Waals surface area contributed by atoms with Crippen molar-refractivity contribution in [1.82, 2.24) is 0 Å². The van der Waals surface area contributed by atoms with Crippen molar-refractivity contribution in [3.8, 4) is 0 Å². The van der Waals surface area contributed by atoms with Crippen LogP contribution in [0.15, 0.2) is 24.3 Å². The second-order valence-electron chi connectivity index (χ2n) is 5.91. The SMILES string of the molecule is CCCc1ccc(C(N)CS(=O)C2CCCCC2)cc1. The first-order valence-corrected chi connectivity index (χ1v) is 9.30. The molecule has 112 valence electrons. The first-order chi connectivity index (χ1) is 9.70. The third kappa shape index (κ3) is 4.42. The van der Waals surface area contributed by atoms with Gasteiger partial charge in [-0.2, -0.15) is 0 Å². The Bertz CT molecular complexity index is 423. The highest BCUT2D eigenvalue weighted by molar-refractivity contribution is 7.85. The van der Waals surface area contributed by atoms with Crippen LogP contribution in [0.3, 0.4) is 0 Å². The van der Waals surface area contributed by atoms with E-state index in [-0.39, 0.29) is 6.04 Å². The Labute approximate surface area is 125 Å². The number of hydrogen-bond donors (Lipinski definition) is 1. The molecule has 2 rings (SSSR count). The van der Waals surface area contributed by atoms with Crippen LogP contribution < -0.4 is 5.73 Å². The highest BCUT2D eigenvalue weighted by atomic mass is 32.2. The van der Waals surface area contributed by atoms with E-state index in [0.29, 0.717) is 11.0 Å². The molecule has 0 aromatic heterocycles. The lowest BCUT2D eigenvalue weighted by Gasteiger charge is -2.22. The fourth-order valence-electron chi connectivity index (χ4n) is 2.96. The van der Waals surface area contributed by atoms with Gasteiger partial charge in [-0.15, -0.1) is 0 Å². The number of aryl methyl sites for hydroxylation is 1.